The van der Waals surface area contributed by atoms with E-state index in [0.29, 0.717) is 29.9 Å². The van der Waals surface area contributed by atoms with Crippen LogP contribution in [0.2, 0.25) is 0 Å². The normalized spacial score (nSPS) is 14.5. The van der Waals surface area contributed by atoms with E-state index in [0.717, 1.165) is 41.7 Å². The molecule has 6 nitrogen and oxygen atoms in total. The largest absolute Gasteiger partial charge is 0.489 e. The molecule has 1 aliphatic rings. The maximum atomic E-state index is 13.2. The van der Waals surface area contributed by atoms with Gasteiger partial charge in [-0.2, -0.15) is 0 Å². The van der Waals surface area contributed by atoms with Crippen LogP contribution in [0, 0.1) is 0 Å². The van der Waals surface area contributed by atoms with Crippen molar-refractivity contribution < 1.29 is 14.6 Å². The number of hydrogen-bond donors (Lipinski definition) is 1. The lowest BCUT2D eigenvalue weighted by Crippen LogP contribution is -2.24. The van der Waals surface area contributed by atoms with E-state index in [1.807, 2.05) is 54.6 Å². The highest BCUT2D eigenvalue weighted by atomic mass is 16.5. The Hall–Kier alpha value is -4.19. The van der Waals surface area contributed by atoms with Gasteiger partial charge in [0.15, 0.2) is 0 Å². The Kier molecular flexibility index (Phi) is 5.95. The Balaban J connectivity index is 1.47. The molecule has 0 saturated carbocycles. The molecular weight excluding hydrogens is 428 g/mol. The Bertz CT molecular complexity index is 1440. The number of ether oxygens (including phenoxy) is 1. The minimum Gasteiger partial charge on any atom is -0.489 e. The molecule has 6 heteroatoms. The average molecular weight is 453 g/mol. The van der Waals surface area contributed by atoms with Crippen molar-refractivity contribution in [3.8, 4) is 5.75 Å². The van der Waals surface area contributed by atoms with Crippen LogP contribution in [0.5, 0.6) is 5.75 Å². The number of aromatic nitrogens is 2. The molecule has 0 unspecified atom stereocenters. The van der Waals surface area contributed by atoms with Crippen LogP contribution in [0.1, 0.15) is 46.6 Å². The van der Waals surface area contributed by atoms with Crippen LogP contribution in [-0.2, 0) is 13.2 Å². The molecule has 4 aromatic rings. The minimum absolute atomic E-state index is 0.120. The van der Waals surface area contributed by atoms with Crippen LogP contribution in [-0.4, -0.2) is 20.6 Å². The summed E-state index contributed by atoms with van der Waals surface area (Å²) < 4.78 is 7.60. The first-order chi connectivity index (χ1) is 16.6. The van der Waals surface area contributed by atoms with Crippen LogP contribution in [0.25, 0.3) is 22.6 Å². The topological polar surface area (TPSA) is 81.4 Å². The Labute approximate surface area is 196 Å². The fraction of sp³-hybridized carbons (Fsp3) is 0.179. The van der Waals surface area contributed by atoms with Crippen LogP contribution in [0.4, 0.5) is 0 Å². The van der Waals surface area contributed by atoms with Gasteiger partial charge in [-0.15, -0.1) is 0 Å². The van der Waals surface area contributed by atoms with Gasteiger partial charge in [0.2, 0.25) is 0 Å². The molecule has 2 heterocycles. The third-order valence-corrected chi connectivity index (χ3v) is 6.04. The summed E-state index contributed by atoms with van der Waals surface area (Å²) in [5, 5.41) is 9.78. The molecule has 34 heavy (non-hydrogen) atoms. The Morgan fingerprint density at radius 1 is 1.03 bits per heavy atom. The molecule has 0 amide bonds. The summed E-state index contributed by atoms with van der Waals surface area (Å²) in [4.78, 5) is 29.3. The summed E-state index contributed by atoms with van der Waals surface area (Å²) >= 11 is 0. The molecule has 3 aromatic carbocycles. The van der Waals surface area contributed by atoms with Crippen molar-refractivity contribution in [1.29, 1.82) is 0 Å². The third kappa shape index (κ3) is 4.48. The highest BCUT2D eigenvalue weighted by molar-refractivity contribution is 5.93. The van der Waals surface area contributed by atoms with E-state index < -0.39 is 5.97 Å². The molecule has 5 rings (SSSR count). The number of rotatable bonds is 5. The zero-order valence-corrected chi connectivity index (χ0v) is 18.6. The lowest BCUT2D eigenvalue weighted by atomic mass is 10.0. The number of hydrogen-bond acceptors (Lipinski definition) is 4. The fourth-order valence-electron chi connectivity index (χ4n) is 4.24. The number of carboxylic acids is 1. The number of carbonyl (C=O) groups is 1. The zero-order chi connectivity index (χ0) is 23.5. The van der Waals surface area contributed by atoms with Gasteiger partial charge >= 0.3 is 5.97 Å². The SMILES string of the molecule is O=C(O)c1ccc2c(=O)n3c(nc2c1)C(=Cc1ccc(OCc2ccccc2)cc1)CCCC3. The van der Waals surface area contributed by atoms with E-state index in [1.165, 1.54) is 12.1 Å². The van der Waals surface area contributed by atoms with Gasteiger partial charge in [0.05, 0.1) is 16.5 Å². The van der Waals surface area contributed by atoms with E-state index >= 15 is 0 Å². The number of fused-ring (bicyclic) bond motifs is 2. The first-order valence-corrected chi connectivity index (χ1v) is 11.3. The number of nitrogens with zero attached hydrogens (tertiary/aromatic N) is 2. The molecule has 0 atom stereocenters. The van der Waals surface area contributed by atoms with Gasteiger partial charge in [0.25, 0.3) is 5.56 Å². The van der Waals surface area contributed by atoms with Crippen molar-refractivity contribution in [2.45, 2.75) is 32.4 Å². The van der Waals surface area contributed by atoms with E-state index in [1.54, 1.807) is 10.6 Å². The van der Waals surface area contributed by atoms with Gasteiger partial charge in [-0.3, -0.25) is 9.36 Å². The van der Waals surface area contributed by atoms with Gasteiger partial charge in [-0.05, 0) is 72.4 Å². The molecule has 0 bridgehead atoms. The first-order valence-electron chi connectivity index (χ1n) is 11.3. The smallest absolute Gasteiger partial charge is 0.335 e. The second-order valence-corrected chi connectivity index (χ2v) is 8.40. The molecule has 0 saturated heterocycles. The van der Waals surface area contributed by atoms with E-state index in [4.69, 9.17) is 9.72 Å². The maximum Gasteiger partial charge on any atom is 0.335 e. The molecule has 170 valence electrons. The maximum absolute atomic E-state index is 13.2. The van der Waals surface area contributed by atoms with Crippen molar-refractivity contribution in [1.82, 2.24) is 9.55 Å². The number of allylic oxidation sites excluding steroid dienone is 1. The van der Waals surface area contributed by atoms with Crippen molar-refractivity contribution in [3.63, 3.8) is 0 Å². The number of aromatic carboxylic acids is 1. The predicted octanol–water partition coefficient (Wildman–Crippen LogP) is 5.40. The highest BCUT2D eigenvalue weighted by Gasteiger charge is 2.18. The Morgan fingerprint density at radius 2 is 1.82 bits per heavy atom. The quantitative estimate of drug-likeness (QED) is 0.439. The van der Waals surface area contributed by atoms with Gasteiger partial charge in [0, 0.05) is 6.54 Å². The van der Waals surface area contributed by atoms with Crippen molar-refractivity contribution >= 4 is 28.5 Å². The molecule has 1 N–H and O–H groups in total. The lowest BCUT2D eigenvalue weighted by Gasteiger charge is -2.13. The molecule has 1 aliphatic heterocycles. The summed E-state index contributed by atoms with van der Waals surface area (Å²) in [6.45, 7) is 1.11. The van der Waals surface area contributed by atoms with E-state index in [2.05, 4.69) is 6.08 Å². The van der Waals surface area contributed by atoms with Crippen LogP contribution >= 0.6 is 0 Å². The summed E-state index contributed by atoms with van der Waals surface area (Å²) in [6, 6.07) is 22.4. The van der Waals surface area contributed by atoms with Gasteiger partial charge in [-0.1, -0.05) is 42.5 Å². The molecule has 0 radical (unpaired) electrons. The van der Waals surface area contributed by atoms with Crippen LogP contribution in [0.15, 0.2) is 77.6 Å². The zero-order valence-electron chi connectivity index (χ0n) is 18.6. The van der Waals surface area contributed by atoms with E-state index in [-0.39, 0.29) is 11.1 Å². The third-order valence-electron chi connectivity index (χ3n) is 6.04. The van der Waals surface area contributed by atoms with Crippen LogP contribution < -0.4 is 10.3 Å². The van der Waals surface area contributed by atoms with Crippen molar-refractivity contribution in [2.75, 3.05) is 0 Å². The molecular formula is C28H24N2O4. The van der Waals surface area contributed by atoms with Crippen LogP contribution in [0.3, 0.4) is 0 Å². The molecule has 0 fully saturated rings. The molecule has 0 aliphatic carbocycles. The fourth-order valence-corrected chi connectivity index (χ4v) is 4.24. The summed E-state index contributed by atoms with van der Waals surface area (Å²) in [7, 11) is 0. The highest BCUT2D eigenvalue weighted by Crippen LogP contribution is 2.27. The van der Waals surface area contributed by atoms with Crippen molar-refractivity contribution in [3.05, 3.63) is 106 Å². The second kappa shape index (κ2) is 9.35. The number of carboxylic acid groups (broad SMARTS) is 1. The molecule has 1 aromatic heterocycles. The molecule has 0 spiro atoms. The first kappa shape index (κ1) is 21.6. The second-order valence-electron chi connectivity index (χ2n) is 8.40. The predicted molar refractivity (Wildman–Crippen MR) is 132 cm³/mol. The standard InChI is InChI=1S/C28H24N2O4/c31-27-24-14-11-22(28(32)33)17-25(24)29-26-21(8-4-5-15-30(26)27)16-19-9-12-23(13-10-19)34-18-20-6-2-1-3-7-20/h1-3,6-7,9-14,16-17H,4-5,8,15,18H2,(H,32,33). The summed E-state index contributed by atoms with van der Waals surface area (Å²) in [5.74, 6) is 0.361. The average Bonchev–Trinajstić information content (AvgIpc) is 3.06. The summed E-state index contributed by atoms with van der Waals surface area (Å²) in [6.07, 6.45) is 4.68. The van der Waals surface area contributed by atoms with Crippen molar-refractivity contribution in [2.24, 2.45) is 0 Å². The lowest BCUT2D eigenvalue weighted by molar-refractivity contribution is 0.0697. The van der Waals surface area contributed by atoms with E-state index in [9.17, 15) is 14.7 Å². The monoisotopic (exact) mass is 452 g/mol. The Morgan fingerprint density at radius 3 is 2.59 bits per heavy atom. The minimum atomic E-state index is -1.04. The van der Waals surface area contributed by atoms with Gasteiger partial charge < -0.3 is 9.84 Å². The number of benzene rings is 3. The van der Waals surface area contributed by atoms with Gasteiger partial charge in [-0.25, -0.2) is 9.78 Å². The summed E-state index contributed by atoms with van der Waals surface area (Å²) in [5.41, 5.74) is 3.47. The van der Waals surface area contributed by atoms with Gasteiger partial charge in [0.1, 0.15) is 18.2 Å².